The Morgan fingerprint density at radius 3 is 2.00 bits per heavy atom. The molecule has 0 spiro atoms. The van der Waals surface area contributed by atoms with Gasteiger partial charge in [-0.1, -0.05) is 0 Å². The summed E-state index contributed by atoms with van der Waals surface area (Å²) in [5, 5.41) is 2.81. The minimum atomic E-state index is -2.61. The molecule has 1 fully saturated rings. The lowest BCUT2D eigenvalue weighted by Gasteiger charge is -2.26. The van der Waals surface area contributed by atoms with Gasteiger partial charge in [-0.25, -0.2) is 0 Å². The van der Waals surface area contributed by atoms with E-state index in [4.69, 9.17) is 0 Å². The highest BCUT2D eigenvalue weighted by Crippen LogP contribution is 2.04. The van der Waals surface area contributed by atoms with Crippen LogP contribution < -0.4 is 5.32 Å². The molecule has 1 N–H and O–H groups in total. The van der Waals surface area contributed by atoms with E-state index in [-0.39, 0.29) is 11.7 Å². The van der Waals surface area contributed by atoms with E-state index < -0.39 is 6.61 Å². The Balaban J connectivity index is 0.000000265. The van der Waals surface area contributed by atoms with Gasteiger partial charge in [0.25, 0.3) is 6.47 Å². The quantitative estimate of drug-likeness (QED) is 0.732. The fourth-order valence-corrected chi connectivity index (χ4v) is 0.648. The number of hydrogen-bond acceptors (Lipinski definition) is 4. The summed E-state index contributed by atoms with van der Waals surface area (Å²) < 4.78 is 31.2. The molecule has 1 rings (SSSR count). The minimum Gasteiger partial charge on any atom is -0.462 e. The maximum Gasteiger partial charge on any atom is 0.345 e. The second kappa shape index (κ2) is 6.68. The van der Waals surface area contributed by atoms with Crippen molar-refractivity contribution in [2.24, 2.45) is 0 Å². The van der Waals surface area contributed by atoms with Crippen LogP contribution in [0.5, 0.6) is 0 Å². The Bertz CT molecular complexity index is 179. The third kappa shape index (κ3) is 9.55. The van der Waals surface area contributed by atoms with Gasteiger partial charge in [0.1, 0.15) is 5.60 Å². The molecule has 90 valence electrons. The van der Waals surface area contributed by atoms with Crippen LogP contribution >= 0.6 is 0 Å². The van der Waals surface area contributed by atoms with Gasteiger partial charge in [0.2, 0.25) is 0 Å². The van der Waals surface area contributed by atoms with Crippen molar-refractivity contribution in [2.45, 2.75) is 39.1 Å². The fourth-order valence-electron chi connectivity index (χ4n) is 0.648. The number of hydrogen-bond donors (Lipinski definition) is 1. The highest BCUT2D eigenvalue weighted by Gasteiger charge is 2.20. The first-order valence-electron chi connectivity index (χ1n) is 4.61. The lowest BCUT2D eigenvalue weighted by Crippen LogP contribution is -2.49. The molecular weight excluding hydrogens is 208 g/mol. The number of carbonyl (C=O) groups excluding carboxylic acids is 1. The van der Waals surface area contributed by atoms with Crippen molar-refractivity contribution in [3.05, 3.63) is 0 Å². The number of rotatable bonds is 3. The minimum absolute atomic E-state index is 0.255. The molecule has 6 heteroatoms. The third-order valence-corrected chi connectivity index (χ3v) is 1.44. The van der Waals surface area contributed by atoms with Crippen molar-refractivity contribution in [3.63, 3.8) is 0 Å². The largest absolute Gasteiger partial charge is 0.462 e. The van der Waals surface area contributed by atoms with E-state index in [1.54, 1.807) is 0 Å². The van der Waals surface area contributed by atoms with Gasteiger partial charge >= 0.3 is 6.61 Å². The van der Waals surface area contributed by atoms with Crippen LogP contribution in [0.3, 0.4) is 0 Å². The zero-order chi connectivity index (χ0) is 11.9. The monoisotopic (exact) mass is 225 g/mol. The molecule has 0 atom stereocenters. The molecule has 1 aliphatic heterocycles. The zero-order valence-electron chi connectivity index (χ0n) is 9.13. The maximum absolute atomic E-state index is 11.3. The molecule has 0 aromatic carbocycles. The Labute approximate surface area is 87.9 Å². The standard InChI is InChI=1S/C5H10O2.C4H7F2NO/c1-5(2,3)7-4-6;5-4(6)8-3-1-7-2-3/h4H,1-3H3;3-4,7H,1-2H2. The number of halogens is 2. The van der Waals surface area contributed by atoms with Crippen molar-refractivity contribution in [3.8, 4) is 0 Å². The van der Waals surface area contributed by atoms with E-state index in [0.717, 1.165) is 0 Å². The molecular formula is C9H17F2NO3. The molecule has 0 radical (unpaired) electrons. The van der Waals surface area contributed by atoms with Crippen molar-refractivity contribution in [1.29, 1.82) is 0 Å². The predicted octanol–water partition coefficient (Wildman–Crippen LogP) is 1.16. The topological polar surface area (TPSA) is 47.6 Å². The molecule has 0 saturated carbocycles. The second-order valence-electron chi connectivity index (χ2n) is 4.00. The van der Waals surface area contributed by atoms with Gasteiger partial charge in [-0.05, 0) is 20.8 Å². The third-order valence-electron chi connectivity index (χ3n) is 1.44. The van der Waals surface area contributed by atoms with Crippen LogP contribution in [0.4, 0.5) is 8.78 Å². The van der Waals surface area contributed by atoms with Gasteiger partial charge in [-0.2, -0.15) is 8.78 Å². The summed E-state index contributed by atoms with van der Waals surface area (Å²) >= 11 is 0. The average Bonchev–Trinajstić information content (AvgIpc) is 1.95. The van der Waals surface area contributed by atoms with E-state index >= 15 is 0 Å². The SMILES string of the molecule is CC(C)(C)OC=O.FC(F)OC1CNC1. The Morgan fingerprint density at radius 1 is 1.40 bits per heavy atom. The predicted molar refractivity (Wildman–Crippen MR) is 50.6 cm³/mol. The first-order chi connectivity index (χ1) is 6.85. The Kier molecular flexibility index (Phi) is 6.35. The van der Waals surface area contributed by atoms with Crippen molar-refractivity contribution >= 4 is 6.47 Å². The summed E-state index contributed by atoms with van der Waals surface area (Å²) in [6.45, 7) is 4.43. The van der Waals surface area contributed by atoms with Gasteiger partial charge in [-0.3, -0.25) is 4.79 Å². The van der Waals surface area contributed by atoms with E-state index in [2.05, 4.69) is 14.8 Å². The average molecular weight is 225 g/mol. The second-order valence-corrected chi connectivity index (χ2v) is 4.00. The van der Waals surface area contributed by atoms with Crippen LogP contribution in [0.15, 0.2) is 0 Å². The van der Waals surface area contributed by atoms with Crippen LogP contribution in [0.2, 0.25) is 0 Å². The number of carbonyl (C=O) groups is 1. The van der Waals surface area contributed by atoms with Crippen molar-refractivity contribution < 1.29 is 23.0 Å². The summed E-state index contributed by atoms with van der Waals surface area (Å²) in [4.78, 5) is 9.60. The van der Waals surface area contributed by atoms with Gasteiger partial charge < -0.3 is 14.8 Å². The van der Waals surface area contributed by atoms with Crippen LogP contribution in [0.25, 0.3) is 0 Å². The molecule has 0 aromatic rings. The van der Waals surface area contributed by atoms with Gasteiger partial charge in [0.15, 0.2) is 0 Å². The molecule has 1 aliphatic rings. The number of nitrogens with one attached hydrogen (secondary N) is 1. The van der Waals surface area contributed by atoms with Crippen LogP contribution in [-0.4, -0.2) is 37.9 Å². The van der Waals surface area contributed by atoms with E-state index in [0.29, 0.717) is 19.6 Å². The molecule has 1 heterocycles. The Morgan fingerprint density at radius 2 is 1.93 bits per heavy atom. The van der Waals surface area contributed by atoms with Crippen LogP contribution in [0.1, 0.15) is 20.8 Å². The highest BCUT2D eigenvalue weighted by molar-refractivity contribution is 5.37. The van der Waals surface area contributed by atoms with Gasteiger partial charge in [0.05, 0.1) is 6.10 Å². The van der Waals surface area contributed by atoms with Crippen molar-refractivity contribution in [1.82, 2.24) is 5.32 Å². The molecule has 0 amide bonds. The summed E-state index contributed by atoms with van der Waals surface area (Å²) in [6.07, 6.45) is -0.255. The highest BCUT2D eigenvalue weighted by atomic mass is 19.3. The summed E-state index contributed by atoms with van der Waals surface area (Å²) in [5.41, 5.74) is -0.318. The van der Waals surface area contributed by atoms with Gasteiger partial charge in [-0.15, -0.1) is 0 Å². The molecule has 4 nitrogen and oxygen atoms in total. The van der Waals surface area contributed by atoms with Crippen molar-refractivity contribution in [2.75, 3.05) is 13.1 Å². The molecule has 0 unspecified atom stereocenters. The lowest BCUT2D eigenvalue weighted by atomic mass is 10.2. The summed E-state index contributed by atoms with van der Waals surface area (Å²) in [6, 6.07) is 0. The van der Waals surface area contributed by atoms with E-state index in [1.165, 1.54) is 0 Å². The van der Waals surface area contributed by atoms with Crippen LogP contribution in [0, 0.1) is 0 Å². The first kappa shape index (κ1) is 14.2. The molecule has 0 aliphatic carbocycles. The smallest absolute Gasteiger partial charge is 0.345 e. The zero-order valence-corrected chi connectivity index (χ0v) is 9.13. The van der Waals surface area contributed by atoms with Gasteiger partial charge in [0, 0.05) is 13.1 Å². The number of alkyl halides is 2. The Hall–Kier alpha value is -0.750. The normalized spacial score (nSPS) is 16.4. The molecule has 0 bridgehead atoms. The van der Waals surface area contributed by atoms with Crippen LogP contribution in [-0.2, 0) is 14.3 Å². The van der Waals surface area contributed by atoms with E-state index in [1.807, 2.05) is 20.8 Å². The number of ether oxygens (including phenoxy) is 2. The molecule has 1 saturated heterocycles. The first-order valence-corrected chi connectivity index (χ1v) is 4.61. The lowest BCUT2D eigenvalue weighted by molar-refractivity contribution is -0.173. The maximum atomic E-state index is 11.3. The fraction of sp³-hybridized carbons (Fsp3) is 0.889. The summed E-state index contributed by atoms with van der Waals surface area (Å²) in [5.74, 6) is 0. The van der Waals surface area contributed by atoms with E-state index in [9.17, 15) is 13.6 Å². The summed E-state index contributed by atoms with van der Waals surface area (Å²) in [7, 11) is 0. The molecule has 15 heavy (non-hydrogen) atoms. The molecule has 0 aromatic heterocycles.